The van der Waals surface area contributed by atoms with E-state index < -0.39 is 52.7 Å². The zero-order valence-electron chi connectivity index (χ0n) is 17.9. The molecule has 7 nitrogen and oxygen atoms in total. The second-order valence-corrected chi connectivity index (χ2v) is 8.17. The molecule has 0 bridgehead atoms. The van der Waals surface area contributed by atoms with Gasteiger partial charge in [-0.25, -0.2) is 4.79 Å². The van der Waals surface area contributed by atoms with Crippen LogP contribution < -0.4 is 10.9 Å². The maximum Gasteiger partial charge on any atom is 0.416 e. The number of esters is 1. The predicted molar refractivity (Wildman–Crippen MR) is 113 cm³/mol. The van der Waals surface area contributed by atoms with Gasteiger partial charge in [0.15, 0.2) is 5.56 Å². The number of carbonyl (C=O) groups is 2. The van der Waals surface area contributed by atoms with Crippen molar-refractivity contribution in [1.82, 2.24) is 5.32 Å². The second kappa shape index (κ2) is 8.61. The molecule has 33 heavy (non-hydrogen) atoms. The van der Waals surface area contributed by atoms with Crippen LogP contribution in [0.15, 0.2) is 51.7 Å². The molecule has 2 N–H and O–H groups in total. The van der Waals surface area contributed by atoms with Crippen molar-refractivity contribution in [3.05, 3.63) is 64.0 Å². The van der Waals surface area contributed by atoms with Crippen LogP contribution in [-0.2, 0) is 15.7 Å². The number of amides is 1. The van der Waals surface area contributed by atoms with Gasteiger partial charge in [-0.3, -0.25) is 9.59 Å². The maximum absolute atomic E-state index is 13.0. The van der Waals surface area contributed by atoms with E-state index in [0.29, 0.717) is 5.56 Å². The lowest BCUT2D eigenvalue weighted by molar-refractivity contribution is -0.153. The largest absolute Gasteiger partial charge is 0.506 e. The van der Waals surface area contributed by atoms with E-state index in [4.69, 9.17) is 9.15 Å². The average molecular weight is 463 g/mol. The first-order chi connectivity index (χ1) is 15.3. The normalized spacial score (nSPS) is 11.9. The monoisotopic (exact) mass is 463 g/mol. The highest BCUT2D eigenvalue weighted by atomic mass is 19.4. The summed E-state index contributed by atoms with van der Waals surface area (Å²) in [4.78, 5) is 36.5. The lowest BCUT2D eigenvalue weighted by Gasteiger charge is -2.19. The van der Waals surface area contributed by atoms with Crippen molar-refractivity contribution in [2.45, 2.75) is 32.5 Å². The van der Waals surface area contributed by atoms with Crippen LogP contribution in [0.5, 0.6) is 5.75 Å². The molecule has 0 fully saturated rings. The minimum absolute atomic E-state index is 0.00672. The van der Waals surface area contributed by atoms with Crippen LogP contribution in [0.3, 0.4) is 0 Å². The Morgan fingerprint density at radius 3 is 2.36 bits per heavy atom. The minimum Gasteiger partial charge on any atom is -0.506 e. The third-order valence-electron chi connectivity index (χ3n) is 4.44. The summed E-state index contributed by atoms with van der Waals surface area (Å²) < 4.78 is 49.2. The van der Waals surface area contributed by atoms with Gasteiger partial charge in [-0.05, 0) is 56.2 Å². The summed E-state index contributed by atoms with van der Waals surface area (Å²) in [5.74, 6) is -2.47. The maximum atomic E-state index is 13.0. The van der Waals surface area contributed by atoms with Gasteiger partial charge in [0.1, 0.15) is 23.5 Å². The SMILES string of the molecule is CC(C)(C)OC(=O)CNC(=O)c1c(O)c2ccc(-c3cccc(C(F)(F)F)c3)cc2oc1=O. The molecule has 3 rings (SSSR count). The third kappa shape index (κ3) is 5.51. The van der Waals surface area contributed by atoms with E-state index in [1.165, 1.54) is 30.3 Å². The van der Waals surface area contributed by atoms with Crippen molar-refractivity contribution in [2.75, 3.05) is 6.54 Å². The van der Waals surface area contributed by atoms with Crippen molar-refractivity contribution < 1.29 is 37.0 Å². The molecular weight excluding hydrogens is 443 g/mol. The predicted octanol–water partition coefficient (Wildman–Crippen LogP) is 4.26. The van der Waals surface area contributed by atoms with E-state index in [1.807, 2.05) is 0 Å². The fraction of sp³-hybridized carbons (Fsp3) is 0.261. The molecule has 0 saturated carbocycles. The summed E-state index contributed by atoms with van der Waals surface area (Å²) >= 11 is 0. The van der Waals surface area contributed by atoms with Crippen LogP contribution >= 0.6 is 0 Å². The summed E-state index contributed by atoms with van der Waals surface area (Å²) in [6.45, 7) is 4.39. The Kier molecular flexibility index (Phi) is 6.22. The quantitative estimate of drug-likeness (QED) is 0.443. The van der Waals surface area contributed by atoms with E-state index in [9.17, 15) is 32.7 Å². The summed E-state index contributed by atoms with van der Waals surface area (Å²) in [5.41, 5.74) is -3.12. The average Bonchev–Trinajstić information content (AvgIpc) is 2.70. The number of hydrogen-bond donors (Lipinski definition) is 2. The van der Waals surface area contributed by atoms with Gasteiger partial charge in [-0.15, -0.1) is 0 Å². The molecule has 0 aliphatic heterocycles. The molecule has 174 valence electrons. The highest BCUT2D eigenvalue weighted by Gasteiger charge is 2.30. The topological polar surface area (TPSA) is 106 Å². The Hall–Kier alpha value is -3.82. The van der Waals surface area contributed by atoms with Gasteiger partial charge in [-0.1, -0.05) is 18.2 Å². The molecule has 0 spiro atoms. The summed E-state index contributed by atoms with van der Waals surface area (Å²) in [5, 5.41) is 12.7. The highest BCUT2D eigenvalue weighted by molar-refractivity contribution is 6.02. The number of ether oxygens (including phenoxy) is 1. The van der Waals surface area contributed by atoms with Crippen molar-refractivity contribution in [3.8, 4) is 16.9 Å². The fourth-order valence-corrected chi connectivity index (χ4v) is 3.06. The molecule has 0 aliphatic rings. The highest BCUT2D eigenvalue weighted by Crippen LogP contribution is 2.34. The number of rotatable bonds is 4. The van der Waals surface area contributed by atoms with Gasteiger partial charge in [-0.2, -0.15) is 13.2 Å². The first kappa shape index (κ1) is 23.8. The van der Waals surface area contributed by atoms with Crippen LogP contribution in [0.25, 0.3) is 22.1 Å². The van der Waals surface area contributed by atoms with Crippen molar-refractivity contribution >= 4 is 22.8 Å². The Morgan fingerprint density at radius 1 is 1.06 bits per heavy atom. The number of benzene rings is 2. The van der Waals surface area contributed by atoms with Crippen molar-refractivity contribution in [1.29, 1.82) is 0 Å². The lowest BCUT2D eigenvalue weighted by atomic mass is 10.0. The Bertz CT molecular complexity index is 1290. The molecule has 0 aliphatic carbocycles. The summed E-state index contributed by atoms with van der Waals surface area (Å²) in [6, 6.07) is 8.58. The number of fused-ring (bicyclic) bond motifs is 1. The molecule has 0 saturated heterocycles. The summed E-state index contributed by atoms with van der Waals surface area (Å²) in [7, 11) is 0. The van der Waals surface area contributed by atoms with E-state index in [-0.39, 0.29) is 16.5 Å². The molecule has 0 atom stereocenters. The number of alkyl halides is 3. The van der Waals surface area contributed by atoms with E-state index >= 15 is 0 Å². The van der Waals surface area contributed by atoms with Crippen LogP contribution in [0.1, 0.15) is 36.7 Å². The van der Waals surface area contributed by atoms with E-state index in [2.05, 4.69) is 5.32 Å². The number of carbonyl (C=O) groups excluding carboxylic acids is 2. The Morgan fingerprint density at radius 2 is 1.73 bits per heavy atom. The standard InChI is InChI=1S/C23H20F3NO6/c1-22(2,3)33-17(28)11-27-20(30)18-19(29)15-8-7-13(10-16(15)32-21(18)31)12-5-4-6-14(9-12)23(24,25)26/h4-10,29H,11H2,1-3H3,(H,27,30). The number of aromatic hydroxyl groups is 1. The van der Waals surface area contributed by atoms with Crippen LogP contribution in [0.4, 0.5) is 13.2 Å². The molecule has 1 heterocycles. The van der Waals surface area contributed by atoms with Gasteiger partial charge in [0.05, 0.1) is 10.9 Å². The smallest absolute Gasteiger partial charge is 0.416 e. The number of halogens is 3. The fourth-order valence-electron chi connectivity index (χ4n) is 3.06. The first-order valence-corrected chi connectivity index (χ1v) is 9.74. The van der Waals surface area contributed by atoms with E-state index in [1.54, 1.807) is 20.8 Å². The zero-order valence-corrected chi connectivity index (χ0v) is 17.9. The molecule has 3 aromatic rings. The van der Waals surface area contributed by atoms with Crippen molar-refractivity contribution in [2.24, 2.45) is 0 Å². The first-order valence-electron chi connectivity index (χ1n) is 9.74. The molecule has 1 amide bonds. The molecule has 0 radical (unpaired) electrons. The van der Waals surface area contributed by atoms with Gasteiger partial charge in [0, 0.05) is 0 Å². The molecular formula is C23H20F3NO6. The van der Waals surface area contributed by atoms with Crippen LogP contribution in [0.2, 0.25) is 0 Å². The molecule has 1 aromatic heterocycles. The Balaban J connectivity index is 1.92. The molecule has 2 aromatic carbocycles. The van der Waals surface area contributed by atoms with Gasteiger partial charge in [0.25, 0.3) is 5.91 Å². The molecule has 0 unspecified atom stereocenters. The second-order valence-electron chi connectivity index (χ2n) is 8.17. The molecule has 10 heteroatoms. The zero-order chi connectivity index (χ0) is 24.6. The van der Waals surface area contributed by atoms with Crippen molar-refractivity contribution in [3.63, 3.8) is 0 Å². The van der Waals surface area contributed by atoms with Gasteiger partial charge >= 0.3 is 17.8 Å². The van der Waals surface area contributed by atoms with Crippen LogP contribution in [-0.4, -0.2) is 29.1 Å². The number of hydrogen-bond acceptors (Lipinski definition) is 6. The van der Waals surface area contributed by atoms with Crippen LogP contribution in [0, 0.1) is 0 Å². The Labute approximate surface area is 185 Å². The van der Waals surface area contributed by atoms with Gasteiger partial charge < -0.3 is 19.6 Å². The lowest BCUT2D eigenvalue weighted by Crippen LogP contribution is -2.36. The number of nitrogens with one attached hydrogen (secondary N) is 1. The summed E-state index contributed by atoms with van der Waals surface area (Å²) in [6.07, 6.45) is -4.53. The van der Waals surface area contributed by atoms with E-state index in [0.717, 1.165) is 12.1 Å². The van der Waals surface area contributed by atoms with Gasteiger partial charge in [0.2, 0.25) is 0 Å². The third-order valence-corrected chi connectivity index (χ3v) is 4.44. The minimum atomic E-state index is -4.53.